The van der Waals surface area contributed by atoms with E-state index in [4.69, 9.17) is 11.6 Å². The van der Waals surface area contributed by atoms with Crippen LogP contribution >= 0.6 is 11.6 Å². The van der Waals surface area contributed by atoms with Crippen molar-refractivity contribution >= 4 is 17.5 Å². The summed E-state index contributed by atoms with van der Waals surface area (Å²) in [6, 6.07) is 15.5. The molecule has 1 amide bonds. The van der Waals surface area contributed by atoms with Gasteiger partial charge >= 0.3 is 0 Å². The van der Waals surface area contributed by atoms with Gasteiger partial charge in [-0.3, -0.25) is 4.79 Å². The summed E-state index contributed by atoms with van der Waals surface area (Å²) >= 11 is 5.76. The van der Waals surface area contributed by atoms with Crippen molar-refractivity contribution in [3.63, 3.8) is 0 Å². The molecule has 0 atom stereocenters. The van der Waals surface area contributed by atoms with E-state index in [9.17, 15) is 4.79 Å². The largest absolute Gasteiger partial charge is 0.348 e. The predicted molar refractivity (Wildman–Crippen MR) is 78.3 cm³/mol. The SMILES string of the molecule is Cc1cccc(CNC(=O)c2cccc(CCl)c2)c1. The number of rotatable bonds is 4. The van der Waals surface area contributed by atoms with Crippen LogP contribution in [0.15, 0.2) is 48.5 Å². The van der Waals surface area contributed by atoms with Crippen molar-refractivity contribution in [1.29, 1.82) is 0 Å². The van der Waals surface area contributed by atoms with Gasteiger partial charge in [-0.2, -0.15) is 0 Å². The summed E-state index contributed by atoms with van der Waals surface area (Å²) in [7, 11) is 0. The van der Waals surface area contributed by atoms with E-state index in [1.165, 1.54) is 5.56 Å². The van der Waals surface area contributed by atoms with Crippen LogP contribution in [0.4, 0.5) is 0 Å². The number of alkyl halides is 1. The Hall–Kier alpha value is -1.80. The highest BCUT2D eigenvalue weighted by Gasteiger charge is 2.05. The quantitative estimate of drug-likeness (QED) is 0.846. The zero-order valence-corrected chi connectivity index (χ0v) is 11.6. The molecule has 0 aliphatic rings. The highest BCUT2D eigenvalue weighted by atomic mass is 35.5. The van der Waals surface area contributed by atoms with Crippen molar-refractivity contribution in [2.24, 2.45) is 0 Å². The number of benzene rings is 2. The first-order chi connectivity index (χ1) is 9.19. The molecule has 2 aromatic rings. The van der Waals surface area contributed by atoms with Gasteiger partial charge in [0.05, 0.1) is 0 Å². The molecule has 0 aliphatic heterocycles. The number of hydrogen-bond acceptors (Lipinski definition) is 1. The Morgan fingerprint density at radius 2 is 1.84 bits per heavy atom. The topological polar surface area (TPSA) is 29.1 Å². The fraction of sp³-hybridized carbons (Fsp3) is 0.188. The lowest BCUT2D eigenvalue weighted by Gasteiger charge is -2.07. The number of hydrogen-bond donors (Lipinski definition) is 1. The number of aryl methyl sites for hydroxylation is 1. The maximum atomic E-state index is 12.0. The van der Waals surface area contributed by atoms with Gasteiger partial charge in [-0.15, -0.1) is 11.6 Å². The lowest BCUT2D eigenvalue weighted by Crippen LogP contribution is -2.22. The summed E-state index contributed by atoms with van der Waals surface area (Å²) < 4.78 is 0. The lowest BCUT2D eigenvalue weighted by atomic mass is 10.1. The Labute approximate surface area is 118 Å². The van der Waals surface area contributed by atoms with E-state index < -0.39 is 0 Å². The van der Waals surface area contributed by atoms with E-state index >= 15 is 0 Å². The predicted octanol–water partition coefficient (Wildman–Crippen LogP) is 3.66. The number of carbonyl (C=O) groups is 1. The van der Waals surface area contributed by atoms with Gasteiger partial charge in [-0.05, 0) is 30.2 Å². The third kappa shape index (κ3) is 3.83. The van der Waals surface area contributed by atoms with E-state index in [0.717, 1.165) is 11.1 Å². The van der Waals surface area contributed by atoms with Gasteiger partial charge in [0.15, 0.2) is 0 Å². The molecule has 0 radical (unpaired) electrons. The smallest absolute Gasteiger partial charge is 0.251 e. The van der Waals surface area contributed by atoms with E-state index in [1.54, 1.807) is 6.07 Å². The molecule has 0 bridgehead atoms. The Balaban J connectivity index is 2.01. The van der Waals surface area contributed by atoms with Crippen molar-refractivity contribution in [1.82, 2.24) is 5.32 Å². The van der Waals surface area contributed by atoms with Crippen LogP contribution in [0.25, 0.3) is 0 Å². The molecule has 98 valence electrons. The second kappa shape index (κ2) is 6.39. The van der Waals surface area contributed by atoms with Crippen LogP contribution in [-0.2, 0) is 12.4 Å². The van der Waals surface area contributed by atoms with Crippen LogP contribution in [0.1, 0.15) is 27.0 Å². The summed E-state index contributed by atoms with van der Waals surface area (Å²) in [6.07, 6.45) is 0. The van der Waals surface area contributed by atoms with Crippen LogP contribution in [0, 0.1) is 6.92 Å². The van der Waals surface area contributed by atoms with Crippen molar-refractivity contribution in [3.05, 3.63) is 70.8 Å². The van der Waals surface area contributed by atoms with Gasteiger partial charge in [0.2, 0.25) is 0 Å². The highest BCUT2D eigenvalue weighted by Crippen LogP contribution is 2.08. The molecule has 0 saturated carbocycles. The van der Waals surface area contributed by atoms with Gasteiger partial charge in [-0.25, -0.2) is 0 Å². The molecule has 0 saturated heterocycles. The molecule has 2 nitrogen and oxygen atoms in total. The minimum Gasteiger partial charge on any atom is -0.348 e. The molecule has 0 heterocycles. The molecule has 0 spiro atoms. The van der Waals surface area contributed by atoms with Crippen LogP contribution in [0.5, 0.6) is 0 Å². The molecule has 2 aromatic carbocycles. The standard InChI is InChI=1S/C16H16ClNO/c1-12-4-2-6-14(8-12)11-18-16(19)15-7-3-5-13(9-15)10-17/h2-9H,10-11H2,1H3,(H,18,19). The fourth-order valence-corrected chi connectivity index (χ4v) is 2.07. The Morgan fingerprint density at radius 1 is 1.11 bits per heavy atom. The lowest BCUT2D eigenvalue weighted by molar-refractivity contribution is 0.0951. The fourth-order valence-electron chi connectivity index (χ4n) is 1.90. The molecule has 0 aliphatic carbocycles. The second-order valence-electron chi connectivity index (χ2n) is 4.51. The number of nitrogens with one attached hydrogen (secondary N) is 1. The second-order valence-corrected chi connectivity index (χ2v) is 4.77. The summed E-state index contributed by atoms with van der Waals surface area (Å²) in [5, 5.41) is 2.91. The van der Waals surface area contributed by atoms with Crippen LogP contribution < -0.4 is 5.32 Å². The Bertz CT molecular complexity index is 580. The van der Waals surface area contributed by atoms with Crippen molar-refractivity contribution in [2.45, 2.75) is 19.3 Å². The molecule has 3 heteroatoms. The monoisotopic (exact) mass is 273 g/mol. The zero-order chi connectivity index (χ0) is 13.7. The minimum atomic E-state index is -0.0755. The van der Waals surface area contributed by atoms with Crippen LogP contribution in [0.3, 0.4) is 0 Å². The molecule has 0 aromatic heterocycles. The average Bonchev–Trinajstić information content (AvgIpc) is 2.45. The van der Waals surface area contributed by atoms with Gasteiger partial charge in [-0.1, -0.05) is 42.0 Å². The normalized spacial score (nSPS) is 10.2. The van der Waals surface area contributed by atoms with Crippen LogP contribution in [0.2, 0.25) is 0 Å². The summed E-state index contributed by atoms with van der Waals surface area (Å²) in [4.78, 5) is 12.0. The molecule has 0 unspecified atom stereocenters. The van der Waals surface area contributed by atoms with Crippen molar-refractivity contribution < 1.29 is 4.79 Å². The molecular weight excluding hydrogens is 258 g/mol. The Kier molecular flexibility index (Phi) is 4.58. The molecule has 2 rings (SSSR count). The minimum absolute atomic E-state index is 0.0755. The molecular formula is C16H16ClNO. The van der Waals surface area contributed by atoms with E-state index in [1.807, 2.05) is 43.3 Å². The summed E-state index contributed by atoms with van der Waals surface area (Å²) in [6.45, 7) is 2.57. The first-order valence-electron chi connectivity index (χ1n) is 6.17. The van der Waals surface area contributed by atoms with E-state index in [2.05, 4.69) is 11.4 Å². The first kappa shape index (κ1) is 13.6. The third-order valence-corrected chi connectivity index (χ3v) is 3.19. The maximum absolute atomic E-state index is 12.0. The van der Waals surface area contributed by atoms with E-state index in [-0.39, 0.29) is 5.91 Å². The van der Waals surface area contributed by atoms with E-state index in [0.29, 0.717) is 18.0 Å². The number of carbonyl (C=O) groups excluding carboxylic acids is 1. The third-order valence-electron chi connectivity index (χ3n) is 2.88. The number of amides is 1. The summed E-state index contributed by atoms with van der Waals surface area (Å²) in [5.41, 5.74) is 3.88. The first-order valence-corrected chi connectivity index (χ1v) is 6.71. The molecule has 0 fully saturated rings. The zero-order valence-electron chi connectivity index (χ0n) is 10.8. The summed E-state index contributed by atoms with van der Waals surface area (Å²) in [5.74, 6) is 0.340. The average molecular weight is 274 g/mol. The van der Waals surface area contributed by atoms with Gasteiger partial charge < -0.3 is 5.32 Å². The molecule has 19 heavy (non-hydrogen) atoms. The van der Waals surface area contributed by atoms with Crippen molar-refractivity contribution in [2.75, 3.05) is 0 Å². The number of halogens is 1. The van der Waals surface area contributed by atoms with Crippen LogP contribution in [-0.4, -0.2) is 5.91 Å². The molecule has 1 N–H and O–H groups in total. The highest BCUT2D eigenvalue weighted by molar-refractivity contribution is 6.17. The Morgan fingerprint density at radius 3 is 2.58 bits per heavy atom. The van der Waals surface area contributed by atoms with Gasteiger partial charge in [0, 0.05) is 18.0 Å². The van der Waals surface area contributed by atoms with Crippen molar-refractivity contribution in [3.8, 4) is 0 Å². The maximum Gasteiger partial charge on any atom is 0.251 e. The van der Waals surface area contributed by atoms with Gasteiger partial charge in [0.25, 0.3) is 5.91 Å². The van der Waals surface area contributed by atoms with Gasteiger partial charge in [0.1, 0.15) is 0 Å².